The van der Waals surface area contributed by atoms with Crippen LogP contribution >= 0.6 is 15.9 Å². The number of Topliss-reactive ketones (excluding diaryl/α,β-unsaturated/α-hetero) is 1. The zero-order chi connectivity index (χ0) is 11.7. The Morgan fingerprint density at radius 3 is 2.81 bits per heavy atom. The summed E-state index contributed by atoms with van der Waals surface area (Å²) < 4.78 is 19.2. The third-order valence-corrected chi connectivity index (χ3v) is 3.39. The van der Waals surface area contributed by atoms with Crippen molar-refractivity contribution in [3.8, 4) is 0 Å². The number of methoxy groups -OCH3 is 1. The van der Waals surface area contributed by atoms with Crippen molar-refractivity contribution in [2.24, 2.45) is 5.92 Å². The van der Waals surface area contributed by atoms with Gasteiger partial charge in [-0.15, -0.1) is 0 Å². The Balaban J connectivity index is 2.28. The maximum Gasteiger partial charge on any atom is 0.194 e. The molecule has 1 aliphatic rings. The molecule has 0 bridgehead atoms. The highest BCUT2D eigenvalue weighted by atomic mass is 79.9. The second-order valence-corrected chi connectivity index (χ2v) is 4.81. The van der Waals surface area contributed by atoms with Crippen LogP contribution in [0.5, 0.6) is 0 Å². The van der Waals surface area contributed by atoms with Crippen LogP contribution in [0.2, 0.25) is 0 Å². The van der Waals surface area contributed by atoms with Gasteiger partial charge in [-0.05, 0) is 46.8 Å². The first-order valence-corrected chi connectivity index (χ1v) is 5.95. The molecule has 1 fully saturated rings. The average Bonchev–Trinajstić information content (AvgIpc) is 3.07. The second-order valence-electron chi connectivity index (χ2n) is 3.96. The average molecular weight is 287 g/mol. The molecule has 0 amide bonds. The number of rotatable bonds is 4. The Morgan fingerprint density at radius 1 is 1.56 bits per heavy atom. The van der Waals surface area contributed by atoms with Gasteiger partial charge in [0.15, 0.2) is 5.78 Å². The third-order valence-electron chi connectivity index (χ3n) is 2.78. The van der Waals surface area contributed by atoms with E-state index in [9.17, 15) is 9.18 Å². The zero-order valence-electron chi connectivity index (χ0n) is 8.87. The van der Waals surface area contributed by atoms with Crippen molar-refractivity contribution >= 4 is 21.7 Å². The lowest BCUT2D eigenvalue weighted by Crippen LogP contribution is -2.26. The van der Waals surface area contributed by atoms with Crippen LogP contribution in [0, 0.1) is 11.7 Å². The van der Waals surface area contributed by atoms with E-state index in [0.29, 0.717) is 4.47 Å². The van der Waals surface area contributed by atoms with Crippen molar-refractivity contribution < 1.29 is 13.9 Å². The van der Waals surface area contributed by atoms with Crippen LogP contribution in [0.3, 0.4) is 0 Å². The van der Waals surface area contributed by atoms with Crippen molar-refractivity contribution in [2.45, 2.75) is 18.9 Å². The molecule has 1 aromatic carbocycles. The number of hydrogen-bond acceptors (Lipinski definition) is 2. The van der Waals surface area contributed by atoms with E-state index >= 15 is 0 Å². The molecule has 4 heteroatoms. The molecule has 0 spiro atoms. The summed E-state index contributed by atoms with van der Waals surface area (Å²) in [6.45, 7) is 0. The van der Waals surface area contributed by atoms with E-state index < -0.39 is 11.9 Å². The van der Waals surface area contributed by atoms with Crippen LogP contribution < -0.4 is 0 Å². The largest absolute Gasteiger partial charge is 0.373 e. The minimum atomic E-state index is -0.504. The van der Waals surface area contributed by atoms with Gasteiger partial charge in [-0.25, -0.2) is 4.39 Å². The number of benzene rings is 1. The Morgan fingerprint density at radius 2 is 2.25 bits per heavy atom. The third kappa shape index (κ3) is 2.18. The van der Waals surface area contributed by atoms with Gasteiger partial charge in [-0.2, -0.15) is 0 Å². The summed E-state index contributed by atoms with van der Waals surface area (Å²) in [5.41, 5.74) is 0.105. The lowest BCUT2D eigenvalue weighted by molar-refractivity contribution is 0.0535. The molecule has 0 saturated heterocycles. The van der Waals surface area contributed by atoms with Crippen LogP contribution in [0.4, 0.5) is 4.39 Å². The number of ketones is 1. The monoisotopic (exact) mass is 286 g/mol. The highest BCUT2D eigenvalue weighted by Crippen LogP contribution is 2.36. The molecule has 1 saturated carbocycles. The van der Waals surface area contributed by atoms with Crippen LogP contribution in [0.1, 0.15) is 23.2 Å². The van der Waals surface area contributed by atoms with Gasteiger partial charge in [0.1, 0.15) is 11.9 Å². The minimum Gasteiger partial charge on any atom is -0.373 e. The lowest BCUT2D eigenvalue weighted by Gasteiger charge is -2.13. The van der Waals surface area contributed by atoms with E-state index in [1.54, 1.807) is 12.1 Å². The maximum absolute atomic E-state index is 13.7. The summed E-state index contributed by atoms with van der Waals surface area (Å²) in [5, 5.41) is 0. The molecule has 1 unspecified atom stereocenters. The second kappa shape index (κ2) is 4.63. The van der Waals surface area contributed by atoms with E-state index in [2.05, 4.69) is 15.9 Å². The van der Waals surface area contributed by atoms with Gasteiger partial charge in [-0.1, -0.05) is 6.07 Å². The molecule has 0 radical (unpaired) electrons. The van der Waals surface area contributed by atoms with Crippen LogP contribution in [-0.2, 0) is 4.74 Å². The normalized spacial score (nSPS) is 17.2. The van der Waals surface area contributed by atoms with Crippen molar-refractivity contribution in [3.63, 3.8) is 0 Å². The fourth-order valence-corrected chi connectivity index (χ4v) is 2.13. The van der Waals surface area contributed by atoms with E-state index in [1.807, 2.05) is 0 Å². The number of carbonyl (C=O) groups is 1. The first-order valence-electron chi connectivity index (χ1n) is 5.16. The van der Waals surface area contributed by atoms with E-state index in [4.69, 9.17) is 4.74 Å². The molecular formula is C12H12BrFO2. The molecule has 2 rings (SSSR count). The Hall–Kier alpha value is -0.740. The number of hydrogen-bond donors (Lipinski definition) is 0. The standard InChI is InChI=1S/C12H12BrFO2/c1-16-12(7-5-6-7)11(15)8-3-2-4-9(13)10(8)14/h2-4,7,12H,5-6H2,1H3. The van der Waals surface area contributed by atoms with E-state index in [1.165, 1.54) is 13.2 Å². The molecule has 16 heavy (non-hydrogen) atoms. The number of halogens is 2. The van der Waals surface area contributed by atoms with E-state index in [-0.39, 0.29) is 17.3 Å². The Labute approximate surface area is 102 Å². The van der Waals surface area contributed by atoms with Crippen LogP contribution in [0.25, 0.3) is 0 Å². The smallest absolute Gasteiger partial charge is 0.194 e. The first kappa shape index (κ1) is 11.7. The molecule has 1 atom stereocenters. The summed E-state index contributed by atoms with van der Waals surface area (Å²) in [6, 6.07) is 4.72. The first-order chi connectivity index (χ1) is 7.65. The summed E-state index contributed by atoms with van der Waals surface area (Å²) in [5.74, 6) is -0.505. The highest BCUT2D eigenvalue weighted by molar-refractivity contribution is 9.10. The topological polar surface area (TPSA) is 26.3 Å². The molecule has 2 nitrogen and oxygen atoms in total. The molecule has 1 aromatic rings. The number of ether oxygens (including phenoxy) is 1. The number of carbonyl (C=O) groups excluding carboxylic acids is 1. The Kier molecular flexibility index (Phi) is 3.40. The molecular weight excluding hydrogens is 275 g/mol. The van der Waals surface area contributed by atoms with Crippen molar-refractivity contribution in [1.29, 1.82) is 0 Å². The molecule has 86 valence electrons. The predicted molar refractivity (Wildman–Crippen MR) is 62.0 cm³/mol. The highest BCUT2D eigenvalue weighted by Gasteiger charge is 2.37. The fourth-order valence-electron chi connectivity index (χ4n) is 1.76. The molecule has 1 aliphatic carbocycles. The molecule has 0 heterocycles. The van der Waals surface area contributed by atoms with Gasteiger partial charge >= 0.3 is 0 Å². The van der Waals surface area contributed by atoms with E-state index in [0.717, 1.165) is 12.8 Å². The van der Waals surface area contributed by atoms with Gasteiger partial charge in [0.2, 0.25) is 0 Å². The zero-order valence-corrected chi connectivity index (χ0v) is 10.5. The fraction of sp³-hybridized carbons (Fsp3) is 0.417. The van der Waals surface area contributed by atoms with Gasteiger partial charge < -0.3 is 4.74 Å². The van der Waals surface area contributed by atoms with Crippen LogP contribution in [0.15, 0.2) is 22.7 Å². The van der Waals surface area contributed by atoms with Gasteiger partial charge in [0.05, 0.1) is 10.0 Å². The molecule has 0 aromatic heterocycles. The predicted octanol–water partition coefficient (Wildman–Crippen LogP) is 3.20. The Bertz CT molecular complexity index is 415. The SMILES string of the molecule is COC(C(=O)c1cccc(Br)c1F)C1CC1. The van der Waals surface area contributed by atoms with Gasteiger partial charge in [0, 0.05) is 7.11 Å². The summed E-state index contributed by atoms with van der Waals surface area (Å²) in [7, 11) is 1.50. The van der Waals surface area contributed by atoms with Crippen LogP contribution in [-0.4, -0.2) is 19.0 Å². The lowest BCUT2D eigenvalue weighted by atomic mass is 10.0. The molecule has 0 N–H and O–H groups in total. The van der Waals surface area contributed by atoms with Crippen molar-refractivity contribution in [3.05, 3.63) is 34.1 Å². The minimum absolute atomic E-state index is 0.105. The van der Waals surface area contributed by atoms with Gasteiger partial charge in [-0.3, -0.25) is 4.79 Å². The van der Waals surface area contributed by atoms with Crippen molar-refractivity contribution in [1.82, 2.24) is 0 Å². The van der Waals surface area contributed by atoms with Gasteiger partial charge in [0.25, 0.3) is 0 Å². The van der Waals surface area contributed by atoms with Crippen molar-refractivity contribution in [2.75, 3.05) is 7.11 Å². The summed E-state index contributed by atoms with van der Waals surface area (Å²) >= 11 is 3.07. The summed E-state index contributed by atoms with van der Waals surface area (Å²) in [6.07, 6.45) is 1.48. The summed E-state index contributed by atoms with van der Waals surface area (Å²) in [4.78, 5) is 12.0. The molecule has 0 aliphatic heterocycles. The maximum atomic E-state index is 13.7. The quantitative estimate of drug-likeness (QED) is 0.795.